The standard InChI is InChI=1S/C22H21NO4/c1-3-26-22(25)20-15(2)23-19(21(20)24)13-16-9-11-18(12-10-16)27-14-17-7-5-4-6-8-17/h4-13,24H,3,14H2,1-2H3/b19-13+. The quantitative estimate of drug-likeness (QED) is 0.770. The summed E-state index contributed by atoms with van der Waals surface area (Å²) in [5.74, 6) is 0.0266. The second-order valence-corrected chi connectivity index (χ2v) is 6.01. The number of aliphatic hydroxyl groups excluding tert-OH is 1. The first kappa shape index (κ1) is 18.5. The van der Waals surface area contributed by atoms with E-state index in [4.69, 9.17) is 9.47 Å². The Morgan fingerprint density at radius 1 is 1.11 bits per heavy atom. The monoisotopic (exact) mass is 363 g/mol. The second kappa shape index (κ2) is 8.36. The number of rotatable bonds is 6. The predicted molar refractivity (Wildman–Crippen MR) is 105 cm³/mol. The lowest BCUT2D eigenvalue weighted by atomic mass is 10.1. The zero-order chi connectivity index (χ0) is 19.2. The largest absolute Gasteiger partial charge is 0.505 e. The highest BCUT2D eigenvalue weighted by Gasteiger charge is 2.27. The molecule has 1 heterocycles. The number of benzene rings is 2. The van der Waals surface area contributed by atoms with Crippen molar-refractivity contribution in [1.82, 2.24) is 0 Å². The van der Waals surface area contributed by atoms with Crippen LogP contribution in [0.3, 0.4) is 0 Å². The summed E-state index contributed by atoms with van der Waals surface area (Å²) in [6, 6.07) is 17.4. The molecule has 0 saturated heterocycles. The lowest BCUT2D eigenvalue weighted by molar-refractivity contribution is -0.138. The molecule has 0 saturated carbocycles. The number of aliphatic hydroxyl groups is 1. The van der Waals surface area contributed by atoms with E-state index in [-0.39, 0.29) is 17.9 Å². The maximum Gasteiger partial charge on any atom is 0.343 e. The Hall–Kier alpha value is -3.34. The number of hydrogen-bond acceptors (Lipinski definition) is 5. The molecule has 5 nitrogen and oxygen atoms in total. The highest BCUT2D eigenvalue weighted by molar-refractivity contribution is 6.22. The van der Waals surface area contributed by atoms with Gasteiger partial charge in [-0.25, -0.2) is 9.79 Å². The second-order valence-electron chi connectivity index (χ2n) is 6.01. The summed E-state index contributed by atoms with van der Waals surface area (Å²) in [7, 11) is 0. The van der Waals surface area contributed by atoms with Crippen LogP contribution in [0.15, 0.2) is 76.6 Å². The van der Waals surface area contributed by atoms with E-state index in [9.17, 15) is 9.90 Å². The van der Waals surface area contributed by atoms with E-state index >= 15 is 0 Å². The van der Waals surface area contributed by atoms with E-state index in [1.54, 1.807) is 19.9 Å². The summed E-state index contributed by atoms with van der Waals surface area (Å²) in [6.45, 7) is 4.13. The van der Waals surface area contributed by atoms with Gasteiger partial charge in [0.15, 0.2) is 5.76 Å². The van der Waals surface area contributed by atoms with Crippen LogP contribution >= 0.6 is 0 Å². The number of carbonyl (C=O) groups excluding carboxylic acids is 1. The molecule has 0 fully saturated rings. The normalized spacial score (nSPS) is 15.0. The molecule has 0 bridgehead atoms. The molecule has 3 rings (SSSR count). The summed E-state index contributed by atoms with van der Waals surface area (Å²) in [4.78, 5) is 16.2. The maximum absolute atomic E-state index is 11.9. The first-order valence-electron chi connectivity index (χ1n) is 8.73. The van der Waals surface area contributed by atoms with Crippen LogP contribution in [0.4, 0.5) is 0 Å². The van der Waals surface area contributed by atoms with Crippen LogP contribution in [0.25, 0.3) is 6.08 Å². The van der Waals surface area contributed by atoms with E-state index in [0.717, 1.165) is 16.9 Å². The smallest absolute Gasteiger partial charge is 0.343 e. The van der Waals surface area contributed by atoms with Crippen molar-refractivity contribution in [2.45, 2.75) is 20.5 Å². The molecule has 1 aliphatic rings. The van der Waals surface area contributed by atoms with Gasteiger partial charge in [0, 0.05) is 0 Å². The number of aliphatic imine (C=N–C) groups is 1. The average Bonchev–Trinajstić information content (AvgIpc) is 2.95. The zero-order valence-electron chi connectivity index (χ0n) is 15.3. The van der Waals surface area contributed by atoms with Crippen LogP contribution < -0.4 is 4.74 Å². The highest BCUT2D eigenvalue weighted by Crippen LogP contribution is 2.27. The van der Waals surface area contributed by atoms with Gasteiger partial charge in [0.05, 0.1) is 12.3 Å². The summed E-state index contributed by atoms with van der Waals surface area (Å²) < 4.78 is 10.7. The molecule has 0 amide bonds. The lowest BCUT2D eigenvalue weighted by Crippen LogP contribution is -2.13. The minimum Gasteiger partial charge on any atom is -0.505 e. The Kier molecular flexibility index (Phi) is 5.71. The van der Waals surface area contributed by atoms with Crippen LogP contribution in [0.1, 0.15) is 25.0 Å². The van der Waals surface area contributed by atoms with Crippen LogP contribution in [-0.2, 0) is 16.1 Å². The van der Waals surface area contributed by atoms with Gasteiger partial charge >= 0.3 is 5.97 Å². The summed E-state index contributed by atoms with van der Waals surface area (Å²) >= 11 is 0. The molecule has 138 valence electrons. The Morgan fingerprint density at radius 2 is 1.81 bits per heavy atom. The maximum atomic E-state index is 11.9. The van der Waals surface area contributed by atoms with Crippen molar-refractivity contribution in [2.24, 2.45) is 4.99 Å². The van der Waals surface area contributed by atoms with Gasteiger partial charge in [-0.05, 0) is 43.2 Å². The Labute approximate surface area is 158 Å². The number of ether oxygens (including phenoxy) is 2. The van der Waals surface area contributed by atoms with Gasteiger partial charge in [-0.15, -0.1) is 0 Å². The summed E-state index contributed by atoms with van der Waals surface area (Å²) in [6.07, 6.45) is 1.71. The van der Waals surface area contributed by atoms with Crippen LogP contribution in [0.5, 0.6) is 5.75 Å². The van der Waals surface area contributed by atoms with Crippen molar-refractivity contribution in [3.8, 4) is 5.75 Å². The number of esters is 1. The van der Waals surface area contributed by atoms with E-state index in [1.807, 2.05) is 54.6 Å². The minimum absolute atomic E-state index is 0.117. The molecule has 0 aliphatic carbocycles. The topological polar surface area (TPSA) is 68.1 Å². The zero-order valence-corrected chi connectivity index (χ0v) is 15.3. The van der Waals surface area contributed by atoms with E-state index in [2.05, 4.69) is 4.99 Å². The molecule has 1 aliphatic heterocycles. The molecule has 1 N–H and O–H groups in total. The molecule has 0 atom stereocenters. The van der Waals surface area contributed by atoms with Crippen molar-refractivity contribution in [1.29, 1.82) is 0 Å². The molecular weight excluding hydrogens is 342 g/mol. The number of carbonyl (C=O) groups is 1. The molecule has 0 unspecified atom stereocenters. The van der Waals surface area contributed by atoms with E-state index < -0.39 is 5.97 Å². The molecular formula is C22H21NO4. The van der Waals surface area contributed by atoms with Gasteiger partial charge in [-0.3, -0.25) is 0 Å². The first-order valence-corrected chi connectivity index (χ1v) is 8.73. The Morgan fingerprint density at radius 3 is 2.48 bits per heavy atom. The molecule has 27 heavy (non-hydrogen) atoms. The third kappa shape index (κ3) is 4.44. The van der Waals surface area contributed by atoms with Crippen LogP contribution in [-0.4, -0.2) is 23.4 Å². The Balaban J connectivity index is 1.71. The van der Waals surface area contributed by atoms with Crippen LogP contribution in [0, 0.1) is 0 Å². The van der Waals surface area contributed by atoms with Gasteiger partial charge in [-0.2, -0.15) is 0 Å². The van der Waals surface area contributed by atoms with Gasteiger partial charge < -0.3 is 14.6 Å². The first-order chi connectivity index (χ1) is 13.1. The average molecular weight is 363 g/mol. The fraction of sp³-hybridized carbons (Fsp3) is 0.182. The lowest BCUT2D eigenvalue weighted by Gasteiger charge is -2.06. The third-order valence-electron chi connectivity index (χ3n) is 4.04. The third-order valence-corrected chi connectivity index (χ3v) is 4.04. The van der Waals surface area contributed by atoms with Crippen LogP contribution in [0.2, 0.25) is 0 Å². The summed E-state index contributed by atoms with van der Waals surface area (Å²) in [5.41, 5.74) is 2.84. The van der Waals surface area contributed by atoms with Gasteiger partial charge in [0.2, 0.25) is 0 Å². The van der Waals surface area contributed by atoms with Gasteiger partial charge in [0.1, 0.15) is 23.6 Å². The molecule has 2 aromatic carbocycles. The molecule has 0 aromatic heterocycles. The minimum atomic E-state index is -0.565. The fourth-order valence-corrected chi connectivity index (χ4v) is 2.70. The van der Waals surface area contributed by atoms with Crippen molar-refractivity contribution in [2.75, 3.05) is 6.61 Å². The molecule has 5 heteroatoms. The molecule has 0 radical (unpaired) electrons. The molecule has 2 aromatic rings. The predicted octanol–water partition coefficient (Wildman–Crippen LogP) is 4.46. The van der Waals surface area contributed by atoms with Crippen molar-refractivity contribution in [3.05, 3.63) is 82.8 Å². The van der Waals surface area contributed by atoms with Gasteiger partial charge in [-0.1, -0.05) is 42.5 Å². The van der Waals surface area contributed by atoms with E-state index in [0.29, 0.717) is 18.0 Å². The number of nitrogens with zero attached hydrogens (tertiary/aromatic N) is 1. The van der Waals surface area contributed by atoms with Gasteiger partial charge in [0.25, 0.3) is 0 Å². The SMILES string of the molecule is CCOC(=O)C1=C(O)/C(=C\c2ccc(OCc3ccccc3)cc2)N=C1C. The van der Waals surface area contributed by atoms with Crippen molar-refractivity contribution < 1.29 is 19.4 Å². The Bertz CT molecular complexity index is 909. The fourth-order valence-electron chi connectivity index (χ4n) is 2.70. The highest BCUT2D eigenvalue weighted by atomic mass is 16.5. The van der Waals surface area contributed by atoms with Crippen molar-refractivity contribution >= 4 is 17.8 Å². The molecule has 0 spiro atoms. The number of hydrogen-bond donors (Lipinski definition) is 1. The van der Waals surface area contributed by atoms with E-state index in [1.165, 1.54) is 0 Å². The summed E-state index contributed by atoms with van der Waals surface area (Å²) in [5, 5.41) is 10.3. The van der Waals surface area contributed by atoms with Crippen molar-refractivity contribution in [3.63, 3.8) is 0 Å².